The van der Waals surface area contributed by atoms with E-state index >= 15 is 0 Å². The van der Waals surface area contributed by atoms with E-state index in [9.17, 15) is 14.0 Å². The van der Waals surface area contributed by atoms with Crippen molar-refractivity contribution < 1.29 is 14.0 Å². The molecule has 6 nitrogen and oxygen atoms in total. The molecule has 0 bridgehead atoms. The van der Waals surface area contributed by atoms with Gasteiger partial charge in [0.2, 0.25) is 11.8 Å². The molecule has 0 saturated carbocycles. The van der Waals surface area contributed by atoms with Crippen molar-refractivity contribution in [2.75, 3.05) is 5.32 Å². The predicted octanol–water partition coefficient (Wildman–Crippen LogP) is 1.89. The summed E-state index contributed by atoms with van der Waals surface area (Å²) in [6.07, 6.45) is 3.69. The van der Waals surface area contributed by atoms with Gasteiger partial charge in [-0.15, -0.1) is 0 Å². The average Bonchev–Trinajstić information content (AvgIpc) is 2.92. The van der Waals surface area contributed by atoms with Gasteiger partial charge in [-0.1, -0.05) is 6.07 Å². The number of halogens is 1. The van der Waals surface area contributed by atoms with Gasteiger partial charge in [0, 0.05) is 37.3 Å². The van der Waals surface area contributed by atoms with E-state index in [2.05, 4.69) is 20.2 Å². The Balaban J connectivity index is 1.51. The third-order valence-electron chi connectivity index (χ3n) is 4.83. The quantitative estimate of drug-likeness (QED) is 0.875. The second-order valence-corrected chi connectivity index (χ2v) is 6.73. The number of carbonyl (C=O) groups excluding carboxylic acids is 2. The smallest absolute Gasteiger partial charge is 0.228 e. The molecule has 0 saturated heterocycles. The molecule has 1 aromatic carbocycles. The van der Waals surface area contributed by atoms with Gasteiger partial charge in [0.05, 0.1) is 11.6 Å². The number of rotatable bonds is 2. The van der Waals surface area contributed by atoms with Crippen LogP contribution in [0.1, 0.15) is 35.8 Å². The fourth-order valence-electron chi connectivity index (χ4n) is 3.68. The molecular weight excluding hydrogens is 323 g/mol. The molecule has 2 aliphatic rings. The van der Waals surface area contributed by atoms with Crippen molar-refractivity contribution in [1.82, 2.24) is 14.9 Å². The van der Waals surface area contributed by atoms with Crippen LogP contribution in [0.3, 0.4) is 0 Å². The van der Waals surface area contributed by atoms with Crippen molar-refractivity contribution in [2.45, 2.75) is 44.7 Å². The highest BCUT2D eigenvalue weighted by Crippen LogP contribution is 2.33. The van der Waals surface area contributed by atoms with E-state index in [0.29, 0.717) is 17.8 Å². The van der Waals surface area contributed by atoms with Crippen molar-refractivity contribution in [3.8, 4) is 0 Å². The maximum atomic E-state index is 13.4. The Hall–Kier alpha value is -2.70. The van der Waals surface area contributed by atoms with Crippen LogP contribution in [0.5, 0.6) is 0 Å². The first kappa shape index (κ1) is 15.8. The van der Waals surface area contributed by atoms with Crippen molar-refractivity contribution in [2.24, 2.45) is 0 Å². The van der Waals surface area contributed by atoms with Gasteiger partial charge in [0.25, 0.3) is 0 Å². The summed E-state index contributed by atoms with van der Waals surface area (Å²) in [5, 5.41) is 5.69. The molecule has 2 atom stereocenters. The Morgan fingerprint density at radius 2 is 2.28 bits per heavy atom. The summed E-state index contributed by atoms with van der Waals surface area (Å²) in [4.78, 5) is 29.1. The lowest BCUT2D eigenvalue weighted by atomic mass is 9.89. The van der Waals surface area contributed by atoms with E-state index in [1.165, 1.54) is 12.1 Å². The van der Waals surface area contributed by atoms with E-state index in [1.54, 1.807) is 6.07 Å². The zero-order valence-corrected chi connectivity index (χ0v) is 13.9. The van der Waals surface area contributed by atoms with Crippen LogP contribution >= 0.6 is 0 Å². The van der Waals surface area contributed by atoms with Gasteiger partial charge in [-0.2, -0.15) is 0 Å². The van der Waals surface area contributed by atoms with Crippen molar-refractivity contribution >= 4 is 17.5 Å². The fraction of sp³-hybridized carbons (Fsp3) is 0.389. The first-order valence-corrected chi connectivity index (χ1v) is 8.42. The first-order chi connectivity index (χ1) is 12.0. The largest absolute Gasteiger partial charge is 0.351 e. The number of aryl methyl sites for hydroxylation is 2. The van der Waals surface area contributed by atoms with Gasteiger partial charge < -0.3 is 15.2 Å². The number of anilines is 1. The van der Waals surface area contributed by atoms with Gasteiger partial charge in [0.1, 0.15) is 11.6 Å². The minimum atomic E-state index is -0.588. The highest BCUT2D eigenvalue weighted by Gasteiger charge is 2.32. The van der Waals surface area contributed by atoms with E-state index in [-0.39, 0.29) is 24.3 Å². The Bertz CT molecular complexity index is 861. The van der Waals surface area contributed by atoms with Crippen LogP contribution in [-0.4, -0.2) is 27.4 Å². The number of nitrogens with one attached hydrogen (secondary N) is 2. The third kappa shape index (κ3) is 3.01. The molecule has 0 aliphatic carbocycles. The van der Waals surface area contributed by atoms with E-state index in [4.69, 9.17) is 0 Å². The minimum Gasteiger partial charge on any atom is -0.351 e. The molecule has 0 radical (unpaired) electrons. The highest BCUT2D eigenvalue weighted by atomic mass is 19.1. The van der Waals surface area contributed by atoms with Crippen LogP contribution < -0.4 is 10.6 Å². The Morgan fingerprint density at radius 3 is 3.12 bits per heavy atom. The number of hydrogen-bond acceptors (Lipinski definition) is 3. The van der Waals surface area contributed by atoms with E-state index in [1.807, 2.05) is 13.1 Å². The standard InChI is InChI=1S/C18H19FN4O2/c1-10-8-23-9-12(3-5-16(23)20-10)21-18(25)14-7-17(24)22-15-6-11(19)2-4-13(14)15/h2,4,6,8,12,14H,3,5,7,9H2,1H3,(H,21,25)(H,22,24). The first-order valence-electron chi connectivity index (χ1n) is 8.42. The molecule has 4 rings (SSSR count). The molecule has 2 aromatic rings. The topological polar surface area (TPSA) is 76.0 Å². The molecular formula is C18H19FN4O2. The van der Waals surface area contributed by atoms with Crippen LogP contribution in [-0.2, 0) is 22.6 Å². The fourth-order valence-corrected chi connectivity index (χ4v) is 3.68. The van der Waals surface area contributed by atoms with Gasteiger partial charge >= 0.3 is 0 Å². The van der Waals surface area contributed by atoms with Gasteiger partial charge in [0.15, 0.2) is 0 Å². The molecule has 2 aliphatic heterocycles. The zero-order valence-electron chi connectivity index (χ0n) is 13.9. The number of aromatic nitrogens is 2. The molecule has 1 aromatic heterocycles. The minimum absolute atomic E-state index is 0.00230. The van der Waals surface area contributed by atoms with Crippen molar-refractivity contribution in [3.05, 3.63) is 47.3 Å². The number of fused-ring (bicyclic) bond motifs is 2. The maximum absolute atomic E-state index is 13.4. The lowest BCUT2D eigenvalue weighted by Crippen LogP contribution is -2.44. The Morgan fingerprint density at radius 1 is 1.44 bits per heavy atom. The number of benzene rings is 1. The van der Waals surface area contributed by atoms with Gasteiger partial charge in [-0.25, -0.2) is 9.37 Å². The summed E-state index contributed by atoms with van der Waals surface area (Å²) in [7, 11) is 0. The molecule has 7 heteroatoms. The predicted molar refractivity (Wildman–Crippen MR) is 89.6 cm³/mol. The summed E-state index contributed by atoms with van der Waals surface area (Å²) < 4.78 is 15.5. The van der Waals surface area contributed by atoms with Crippen molar-refractivity contribution in [3.63, 3.8) is 0 Å². The highest BCUT2D eigenvalue weighted by molar-refractivity contribution is 6.01. The lowest BCUT2D eigenvalue weighted by Gasteiger charge is -2.29. The molecule has 2 unspecified atom stereocenters. The number of amides is 2. The molecule has 3 heterocycles. The molecule has 0 spiro atoms. The maximum Gasteiger partial charge on any atom is 0.228 e. The summed E-state index contributed by atoms with van der Waals surface area (Å²) in [5.74, 6) is -0.436. The number of carbonyl (C=O) groups is 2. The summed E-state index contributed by atoms with van der Waals surface area (Å²) >= 11 is 0. The average molecular weight is 342 g/mol. The van der Waals surface area contributed by atoms with E-state index < -0.39 is 11.7 Å². The van der Waals surface area contributed by atoms with Crippen LogP contribution in [0.4, 0.5) is 10.1 Å². The SMILES string of the molecule is Cc1cn2c(n1)CCC(NC(=O)C1CC(=O)Nc3cc(F)ccc31)C2. The monoisotopic (exact) mass is 342 g/mol. The van der Waals surface area contributed by atoms with Gasteiger partial charge in [-0.3, -0.25) is 9.59 Å². The second-order valence-electron chi connectivity index (χ2n) is 6.73. The van der Waals surface area contributed by atoms with E-state index in [0.717, 1.165) is 24.4 Å². The summed E-state index contributed by atoms with van der Waals surface area (Å²) in [5.41, 5.74) is 2.02. The zero-order chi connectivity index (χ0) is 17.6. The lowest BCUT2D eigenvalue weighted by molar-refractivity contribution is -0.127. The number of hydrogen-bond donors (Lipinski definition) is 2. The number of imidazole rings is 1. The normalized spacial score (nSPS) is 21.9. The van der Waals surface area contributed by atoms with Gasteiger partial charge in [-0.05, 0) is 31.0 Å². The number of nitrogens with zero attached hydrogens (tertiary/aromatic N) is 2. The molecule has 2 N–H and O–H groups in total. The molecule has 2 amide bonds. The second kappa shape index (κ2) is 5.98. The third-order valence-corrected chi connectivity index (χ3v) is 4.83. The van der Waals surface area contributed by atoms with Crippen LogP contribution in [0.25, 0.3) is 0 Å². The van der Waals surface area contributed by atoms with Crippen LogP contribution in [0, 0.1) is 12.7 Å². The molecule has 0 fully saturated rings. The Labute approximate surface area is 144 Å². The Kier molecular flexibility index (Phi) is 3.78. The van der Waals surface area contributed by atoms with Crippen LogP contribution in [0.15, 0.2) is 24.4 Å². The summed E-state index contributed by atoms with van der Waals surface area (Å²) in [6, 6.07) is 4.15. The molecule has 130 valence electrons. The molecule has 25 heavy (non-hydrogen) atoms. The van der Waals surface area contributed by atoms with Crippen LogP contribution in [0.2, 0.25) is 0 Å². The summed E-state index contributed by atoms with van der Waals surface area (Å²) in [6.45, 7) is 2.63. The van der Waals surface area contributed by atoms with Crippen molar-refractivity contribution in [1.29, 1.82) is 0 Å².